The van der Waals surface area contributed by atoms with E-state index in [4.69, 9.17) is 24.7 Å². The maximum Gasteiger partial charge on any atom is 0.347 e. The number of aryl methyl sites for hydroxylation is 1. The lowest BCUT2D eigenvalue weighted by Gasteiger charge is -2.27. The van der Waals surface area contributed by atoms with E-state index in [0.717, 1.165) is 16.7 Å². The standard InChI is InChI=1S/C32H26N2O5/c1-20-7-9-21(10-8-20)19-37-23-13-11-22(12-14-23)30-25-16-15-24(17-29(25)39-31(34)27(30)18-33)38-32(35)26-5-3-4-6-28(26)36-2/h3-17,30H,19,34H2,1-2H3. The molecule has 0 amide bonds. The van der Waals surface area contributed by atoms with Crippen LogP contribution in [0.1, 0.15) is 38.5 Å². The number of ether oxygens (including phenoxy) is 4. The van der Waals surface area contributed by atoms with Crippen LogP contribution in [0, 0.1) is 18.3 Å². The van der Waals surface area contributed by atoms with E-state index >= 15 is 0 Å². The molecular formula is C32H26N2O5. The van der Waals surface area contributed by atoms with E-state index in [1.165, 1.54) is 12.7 Å². The largest absolute Gasteiger partial charge is 0.496 e. The van der Waals surface area contributed by atoms with Crippen LogP contribution in [-0.2, 0) is 6.61 Å². The van der Waals surface area contributed by atoms with Crippen LogP contribution in [0.15, 0.2) is 102 Å². The Balaban J connectivity index is 1.38. The van der Waals surface area contributed by atoms with E-state index in [-0.39, 0.29) is 11.6 Å². The van der Waals surface area contributed by atoms with Crippen LogP contribution < -0.4 is 24.7 Å². The van der Waals surface area contributed by atoms with Crippen molar-refractivity contribution in [2.75, 3.05) is 7.11 Å². The summed E-state index contributed by atoms with van der Waals surface area (Å²) in [7, 11) is 1.49. The molecule has 1 atom stereocenters. The SMILES string of the molecule is COc1ccccc1C(=O)Oc1ccc2c(c1)OC(N)=C(C#N)C2c1ccc(OCc2ccc(C)cc2)cc1. The molecule has 1 aliphatic heterocycles. The number of carbonyl (C=O) groups excluding carboxylic acids is 1. The van der Waals surface area contributed by atoms with Crippen molar-refractivity contribution in [1.29, 1.82) is 5.26 Å². The first kappa shape index (κ1) is 25.4. The van der Waals surface area contributed by atoms with Gasteiger partial charge in [-0.3, -0.25) is 0 Å². The molecule has 7 heteroatoms. The van der Waals surface area contributed by atoms with Crippen molar-refractivity contribution >= 4 is 5.97 Å². The number of nitriles is 1. The molecule has 4 aromatic rings. The highest BCUT2D eigenvalue weighted by Gasteiger charge is 2.31. The molecule has 0 aliphatic carbocycles. The molecule has 0 aromatic heterocycles. The van der Waals surface area contributed by atoms with Crippen LogP contribution >= 0.6 is 0 Å². The minimum atomic E-state index is -0.567. The van der Waals surface area contributed by atoms with Gasteiger partial charge in [0.2, 0.25) is 5.88 Å². The molecule has 5 rings (SSSR count). The average molecular weight is 519 g/mol. The Bertz CT molecular complexity index is 1580. The Morgan fingerprint density at radius 2 is 1.69 bits per heavy atom. The van der Waals surface area contributed by atoms with Crippen LogP contribution in [-0.4, -0.2) is 13.1 Å². The summed E-state index contributed by atoms with van der Waals surface area (Å²) in [5.74, 6) is 0.779. The highest BCUT2D eigenvalue weighted by Crippen LogP contribution is 2.43. The first-order valence-electron chi connectivity index (χ1n) is 12.3. The Morgan fingerprint density at radius 1 is 0.974 bits per heavy atom. The van der Waals surface area contributed by atoms with Gasteiger partial charge in [0.05, 0.1) is 13.0 Å². The minimum Gasteiger partial charge on any atom is -0.496 e. The summed E-state index contributed by atoms with van der Waals surface area (Å²) in [6, 6.07) is 29.8. The van der Waals surface area contributed by atoms with Gasteiger partial charge in [-0.2, -0.15) is 5.26 Å². The number of rotatable bonds is 7. The highest BCUT2D eigenvalue weighted by molar-refractivity contribution is 5.94. The van der Waals surface area contributed by atoms with Crippen LogP contribution in [0.4, 0.5) is 0 Å². The van der Waals surface area contributed by atoms with Crippen LogP contribution in [0.25, 0.3) is 0 Å². The molecule has 1 aliphatic rings. The second-order valence-electron chi connectivity index (χ2n) is 9.06. The molecule has 4 aromatic carbocycles. The predicted molar refractivity (Wildman–Crippen MR) is 146 cm³/mol. The number of hydrogen-bond acceptors (Lipinski definition) is 7. The van der Waals surface area contributed by atoms with Crippen molar-refractivity contribution in [3.05, 3.63) is 130 Å². The molecule has 0 spiro atoms. The third kappa shape index (κ3) is 5.41. The summed E-state index contributed by atoms with van der Waals surface area (Å²) in [5, 5.41) is 9.88. The summed E-state index contributed by atoms with van der Waals surface area (Å²) < 4.78 is 22.6. The molecule has 0 saturated carbocycles. The highest BCUT2D eigenvalue weighted by atomic mass is 16.5. The topological polar surface area (TPSA) is 104 Å². The fraction of sp³-hybridized carbons (Fsp3) is 0.125. The summed E-state index contributed by atoms with van der Waals surface area (Å²) in [5.41, 5.74) is 10.6. The maximum absolute atomic E-state index is 12.8. The number of carbonyl (C=O) groups is 1. The van der Waals surface area contributed by atoms with E-state index in [1.807, 2.05) is 43.3 Å². The third-order valence-corrected chi connectivity index (χ3v) is 6.47. The van der Waals surface area contributed by atoms with Crippen molar-refractivity contribution < 1.29 is 23.7 Å². The second kappa shape index (κ2) is 11.0. The monoisotopic (exact) mass is 518 g/mol. The molecule has 2 N–H and O–H groups in total. The number of esters is 1. The van der Waals surface area contributed by atoms with Crippen LogP contribution in [0.5, 0.6) is 23.0 Å². The molecule has 194 valence electrons. The average Bonchev–Trinajstić information content (AvgIpc) is 2.96. The van der Waals surface area contributed by atoms with E-state index in [2.05, 4.69) is 18.2 Å². The molecule has 1 unspecified atom stereocenters. The Hall–Kier alpha value is -5.22. The number of nitrogens with zero attached hydrogens (tertiary/aromatic N) is 1. The van der Waals surface area contributed by atoms with Gasteiger partial charge in [-0.15, -0.1) is 0 Å². The molecule has 1 heterocycles. The summed E-state index contributed by atoms with van der Waals surface area (Å²) in [6.07, 6.45) is 0. The molecule has 7 nitrogen and oxygen atoms in total. The summed E-state index contributed by atoms with van der Waals surface area (Å²) >= 11 is 0. The van der Waals surface area contributed by atoms with Gasteiger partial charge in [0.1, 0.15) is 46.8 Å². The minimum absolute atomic E-state index is 0.00269. The quantitative estimate of drug-likeness (QED) is 0.236. The van der Waals surface area contributed by atoms with Crippen molar-refractivity contribution in [2.24, 2.45) is 5.73 Å². The molecular weight excluding hydrogens is 492 g/mol. The zero-order valence-electron chi connectivity index (χ0n) is 21.5. The molecule has 0 fully saturated rings. The fourth-order valence-corrected chi connectivity index (χ4v) is 4.42. The zero-order chi connectivity index (χ0) is 27.4. The summed E-state index contributed by atoms with van der Waals surface area (Å²) in [6.45, 7) is 2.50. The lowest BCUT2D eigenvalue weighted by Crippen LogP contribution is -2.21. The Labute approximate surface area is 226 Å². The number of fused-ring (bicyclic) bond motifs is 1. The summed E-state index contributed by atoms with van der Waals surface area (Å²) in [4.78, 5) is 12.8. The van der Waals surface area contributed by atoms with Crippen molar-refractivity contribution in [2.45, 2.75) is 19.4 Å². The first-order chi connectivity index (χ1) is 19.0. The maximum atomic E-state index is 12.8. The lowest BCUT2D eigenvalue weighted by molar-refractivity contribution is 0.0731. The number of para-hydroxylation sites is 1. The van der Waals surface area contributed by atoms with E-state index in [0.29, 0.717) is 35.0 Å². The Morgan fingerprint density at radius 3 is 2.41 bits per heavy atom. The van der Waals surface area contributed by atoms with Gasteiger partial charge in [-0.05, 0) is 48.4 Å². The van der Waals surface area contributed by atoms with Gasteiger partial charge in [0.25, 0.3) is 0 Å². The van der Waals surface area contributed by atoms with Gasteiger partial charge in [0, 0.05) is 11.6 Å². The normalized spacial score (nSPS) is 14.0. The van der Waals surface area contributed by atoms with Crippen molar-refractivity contribution in [3.63, 3.8) is 0 Å². The number of benzene rings is 4. The van der Waals surface area contributed by atoms with E-state index in [9.17, 15) is 10.1 Å². The van der Waals surface area contributed by atoms with Crippen molar-refractivity contribution in [1.82, 2.24) is 0 Å². The lowest BCUT2D eigenvalue weighted by atomic mass is 9.83. The number of allylic oxidation sites excluding steroid dienone is 1. The van der Waals surface area contributed by atoms with Crippen LogP contribution in [0.2, 0.25) is 0 Å². The first-order valence-corrected chi connectivity index (χ1v) is 12.3. The van der Waals surface area contributed by atoms with Gasteiger partial charge in [-0.25, -0.2) is 4.79 Å². The number of nitrogens with two attached hydrogens (primary N) is 1. The van der Waals surface area contributed by atoms with Gasteiger partial charge >= 0.3 is 5.97 Å². The smallest absolute Gasteiger partial charge is 0.347 e. The van der Waals surface area contributed by atoms with Crippen molar-refractivity contribution in [3.8, 4) is 29.1 Å². The van der Waals surface area contributed by atoms with Gasteiger partial charge < -0.3 is 24.7 Å². The predicted octanol–water partition coefficient (Wildman–Crippen LogP) is 6.02. The molecule has 0 bridgehead atoms. The van der Waals surface area contributed by atoms with Crippen LogP contribution in [0.3, 0.4) is 0 Å². The third-order valence-electron chi connectivity index (χ3n) is 6.47. The van der Waals surface area contributed by atoms with Gasteiger partial charge in [-0.1, -0.05) is 60.2 Å². The molecule has 0 radical (unpaired) electrons. The number of methoxy groups -OCH3 is 1. The fourth-order valence-electron chi connectivity index (χ4n) is 4.42. The zero-order valence-corrected chi connectivity index (χ0v) is 21.5. The van der Waals surface area contributed by atoms with Gasteiger partial charge in [0.15, 0.2) is 0 Å². The number of hydrogen-bond donors (Lipinski definition) is 1. The second-order valence-corrected chi connectivity index (χ2v) is 9.06. The molecule has 0 saturated heterocycles. The Kier molecular flexibility index (Phi) is 7.19. The van der Waals surface area contributed by atoms with E-state index < -0.39 is 11.9 Å². The van der Waals surface area contributed by atoms with E-state index in [1.54, 1.807) is 42.5 Å². The molecule has 39 heavy (non-hydrogen) atoms.